The van der Waals surface area contributed by atoms with Crippen LogP contribution in [-0.4, -0.2) is 0 Å². The molecule has 5 heteroatoms. The molecule has 5 N–H and O–H groups in total. The van der Waals surface area contributed by atoms with Crippen molar-refractivity contribution in [2.24, 2.45) is 5.90 Å². The summed E-state index contributed by atoms with van der Waals surface area (Å²) in [5, 5.41) is 3.65. The van der Waals surface area contributed by atoms with Gasteiger partial charge in [0, 0.05) is 16.3 Å². The first-order valence-corrected chi connectivity index (χ1v) is 6.43. The van der Waals surface area contributed by atoms with Crippen molar-refractivity contribution in [3.8, 4) is 5.75 Å². The number of rotatable bonds is 2. The number of benzene rings is 2. The van der Waals surface area contributed by atoms with Crippen molar-refractivity contribution in [1.29, 1.82) is 0 Å². The molecule has 0 spiro atoms. The standard InChI is InChI=1S/C13H13N3OS/c14-9-3-1-8(2-4-9)13-16-11-6-5-10(17-15)7-12(11)18-13/h1-7,13,16H,14-15H2. The molecule has 0 aromatic heterocycles. The number of nitrogen functional groups attached to an aromatic ring is 1. The van der Waals surface area contributed by atoms with E-state index in [9.17, 15) is 0 Å². The normalized spacial score (nSPS) is 17.1. The summed E-state index contributed by atoms with van der Waals surface area (Å²) in [6, 6.07) is 13.6. The Hall–Kier alpha value is -1.85. The van der Waals surface area contributed by atoms with Crippen LogP contribution in [0.4, 0.5) is 11.4 Å². The third kappa shape index (κ3) is 1.98. The fourth-order valence-corrected chi connectivity index (χ4v) is 3.08. The molecule has 4 nitrogen and oxygen atoms in total. The molecular formula is C13H13N3OS. The maximum absolute atomic E-state index is 5.69. The molecule has 0 aliphatic carbocycles. The van der Waals surface area contributed by atoms with Crippen molar-refractivity contribution in [3.63, 3.8) is 0 Å². The molecule has 92 valence electrons. The van der Waals surface area contributed by atoms with Gasteiger partial charge in [0.15, 0.2) is 0 Å². The first kappa shape index (κ1) is 11.3. The zero-order chi connectivity index (χ0) is 12.5. The molecule has 0 saturated heterocycles. The van der Waals surface area contributed by atoms with Gasteiger partial charge >= 0.3 is 0 Å². The second kappa shape index (κ2) is 4.44. The van der Waals surface area contributed by atoms with Gasteiger partial charge in [0.1, 0.15) is 11.1 Å². The van der Waals surface area contributed by atoms with Gasteiger partial charge in [-0.1, -0.05) is 23.9 Å². The Morgan fingerprint density at radius 3 is 2.61 bits per heavy atom. The maximum Gasteiger partial charge on any atom is 0.148 e. The SMILES string of the molecule is NOc1ccc2c(c1)SC(c1ccc(N)cc1)N2. The molecule has 0 fully saturated rings. The van der Waals surface area contributed by atoms with Gasteiger partial charge in [-0.05, 0) is 35.9 Å². The highest BCUT2D eigenvalue weighted by Crippen LogP contribution is 2.47. The van der Waals surface area contributed by atoms with Crippen LogP contribution in [0.1, 0.15) is 10.9 Å². The minimum atomic E-state index is 0.202. The van der Waals surface area contributed by atoms with Crippen molar-refractivity contribution in [2.75, 3.05) is 11.1 Å². The maximum atomic E-state index is 5.69. The first-order chi connectivity index (χ1) is 8.76. The Kier molecular flexibility index (Phi) is 2.77. The first-order valence-electron chi connectivity index (χ1n) is 5.56. The quantitative estimate of drug-likeness (QED) is 0.571. The van der Waals surface area contributed by atoms with Crippen LogP contribution in [0.5, 0.6) is 5.75 Å². The molecule has 0 radical (unpaired) electrons. The minimum absolute atomic E-state index is 0.202. The topological polar surface area (TPSA) is 73.3 Å². The van der Waals surface area contributed by atoms with E-state index in [-0.39, 0.29) is 5.37 Å². The Labute approximate surface area is 109 Å². The van der Waals surface area contributed by atoms with E-state index in [4.69, 9.17) is 16.5 Å². The summed E-state index contributed by atoms with van der Waals surface area (Å²) in [6.45, 7) is 0. The summed E-state index contributed by atoms with van der Waals surface area (Å²) in [5.41, 5.74) is 8.76. The Bertz CT molecular complexity index is 571. The molecule has 1 heterocycles. The second-order valence-corrected chi connectivity index (χ2v) is 5.23. The number of thioether (sulfide) groups is 1. The van der Waals surface area contributed by atoms with E-state index in [2.05, 4.69) is 5.32 Å². The van der Waals surface area contributed by atoms with E-state index in [1.165, 1.54) is 5.56 Å². The van der Waals surface area contributed by atoms with E-state index in [1.807, 2.05) is 42.5 Å². The summed E-state index contributed by atoms with van der Waals surface area (Å²) < 4.78 is 0. The smallest absolute Gasteiger partial charge is 0.148 e. The van der Waals surface area contributed by atoms with Gasteiger partial charge in [-0.2, -0.15) is 5.90 Å². The van der Waals surface area contributed by atoms with Crippen LogP contribution in [0, 0.1) is 0 Å². The number of hydrogen-bond acceptors (Lipinski definition) is 5. The summed E-state index contributed by atoms with van der Waals surface area (Å²) >= 11 is 1.74. The van der Waals surface area contributed by atoms with Crippen LogP contribution >= 0.6 is 11.8 Å². The van der Waals surface area contributed by atoms with E-state index < -0.39 is 0 Å². The van der Waals surface area contributed by atoms with Gasteiger partial charge in [0.25, 0.3) is 0 Å². The zero-order valence-corrected chi connectivity index (χ0v) is 10.4. The predicted molar refractivity (Wildman–Crippen MR) is 74.3 cm³/mol. The molecule has 2 aromatic carbocycles. The Balaban J connectivity index is 1.86. The molecule has 2 aromatic rings. The van der Waals surface area contributed by atoms with E-state index in [1.54, 1.807) is 11.8 Å². The van der Waals surface area contributed by atoms with Crippen molar-refractivity contribution in [2.45, 2.75) is 10.3 Å². The Morgan fingerprint density at radius 1 is 1.11 bits per heavy atom. The molecule has 1 atom stereocenters. The number of hydrogen-bond donors (Lipinski definition) is 3. The highest BCUT2D eigenvalue weighted by molar-refractivity contribution is 8.00. The predicted octanol–water partition coefficient (Wildman–Crippen LogP) is 2.74. The molecular weight excluding hydrogens is 246 g/mol. The number of anilines is 2. The lowest BCUT2D eigenvalue weighted by Gasteiger charge is -2.10. The van der Waals surface area contributed by atoms with Crippen LogP contribution in [0.2, 0.25) is 0 Å². The van der Waals surface area contributed by atoms with Crippen LogP contribution in [0.3, 0.4) is 0 Å². The molecule has 1 unspecified atom stereocenters. The van der Waals surface area contributed by atoms with Crippen molar-refractivity contribution in [1.82, 2.24) is 0 Å². The molecule has 0 saturated carbocycles. The van der Waals surface area contributed by atoms with Gasteiger partial charge in [-0.15, -0.1) is 0 Å². The third-order valence-electron chi connectivity index (χ3n) is 2.86. The highest BCUT2D eigenvalue weighted by Gasteiger charge is 2.23. The molecule has 3 rings (SSSR count). The van der Waals surface area contributed by atoms with Crippen molar-refractivity contribution in [3.05, 3.63) is 48.0 Å². The van der Waals surface area contributed by atoms with Crippen LogP contribution in [0.15, 0.2) is 47.4 Å². The largest absolute Gasteiger partial charge is 0.411 e. The average Bonchev–Trinajstić information content (AvgIpc) is 2.82. The lowest BCUT2D eigenvalue weighted by molar-refractivity contribution is 0.334. The summed E-state index contributed by atoms with van der Waals surface area (Å²) in [5.74, 6) is 5.83. The van der Waals surface area contributed by atoms with Crippen LogP contribution < -0.4 is 21.8 Å². The fourth-order valence-electron chi connectivity index (χ4n) is 1.91. The summed E-state index contributed by atoms with van der Waals surface area (Å²) in [7, 11) is 0. The molecule has 1 aliphatic heterocycles. The van der Waals surface area contributed by atoms with Crippen LogP contribution in [0.25, 0.3) is 0 Å². The molecule has 1 aliphatic rings. The molecule has 0 amide bonds. The van der Waals surface area contributed by atoms with Crippen LogP contribution in [-0.2, 0) is 0 Å². The number of nitrogens with one attached hydrogen (secondary N) is 1. The average molecular weight is 259 g/mol. The van der Waals surface area contributed by atoms with Gasteiger partial charge < -0.3 is 15.9 Å². The van der Waals surface area contributed by atoms with Gasteiger partial charge in [-0.3, -0.25) is 0 Å². The monoisotopic (exact) mass is 259 g/mol. The lowest BCUT2D eigenvalue weighted by Crippen LogP contribution is -2.02. The van der Waals surface area contributed by atoms with E-state index >= 15 is 0 Å². The van der Waals surface area contributed by atoms with Gasteiger partial charge in [0.2, 0.25) is 0 Å². The number of fused-ring (bicyclic) bond motifs is 1. The number of nitrogens with two attached hydrogens (primary N) is 2. The molecule has 18 heavy (non-hydrogen) atoms. The summed E-state index contributed by atoms with van der Waals surface area (Å²) in [6.07, 6.45) is 0. The second-order valence-electron chi connectivity index (χ2n) is 4.08. The Morgan fingerprint density at radius 2 is 1.89 bits per heavy atom. The lowest BCUT2D eigenvalue weighted by atomic mass is 10.2. The third-order valence-corrected chi connectivity index (χ3v) is 4.08. The fraction of sp³-hybridized carbons (Fsp3) is 0.0769. The van der Waals surface area contributed by atoms with Gasteiger partial charge in [-0.25, -0.2) is 0 Å². The molecule has 0 bridgehead atoms. The zero-order valence-electron chi connectivity index (χ0n) is 9.59. The van der Waals surface area contributed by atoms with Crippen molar-refractivity contribution < 1.29 is 4.84 Å². The highest BCUT2D eigenvalue weighted by atomic mass is 32.2. The van der Waals surface area contributed by atoms with Gasteiger partial charge in [0.05, 0.1) is 0 Å². The minimum Gasteiger partial charge on any atom is -0.411 e. The van der Waals surface area contributed by atoms with Crippen molar-refractivity contribution >= 4 is 23.1 Å². The van der Waals surface area contributed by atoms with E-state index in [0.29, 0.717) is 5.75 Å². The van der Waals surface area contributed by atoms with E-state index in [0.717, 1.165) is 16.3 Å². The summed E-state index contributed by atoms with van der Waals surface area (Å²) in [4.78, 5) is 5.88.